The molecule has 2 aliphatic carbocycles. The maximum absolute atomic E-state index is 11.7. The van der Waals surface area contributed by atoms with E-state index in [4.69, 9.17) is 0 Å². The Morgan fingerprint density at radius 2 is 1.69 bits per heavy atom. The molecule has 0 aromatic carbocycles. The number of carbonyl (C=O) groups excluding carboxylic acids is 1. The van der Waals surface area contributed by atoms with Gasteiger partial charge in [-0.1, -0.05) is 0 Å². The molecular weight excluding hydrogens is 204 g/mol. The van der Waals surface area contributed by atoms with Gasteiger partial charge in [0.1, 0.15) is 0 Å². The first-order valence-electron chi connectivity index (χ1n) is 6.39. The number of aliphatic hydroxyl groups excluding tert-OH is 1. The fourth-order valence-corrected chi connectivity index (χ4v) is 2.23. The van der Waals surface area contributed by atoms with Crippen molar-refractivity contribution in [3.8, 4) is 0 Å². The molecule has 0 aliphatic heterocycles. The number of amides is 1. The minimum absolute atomic E-state index is 0.110. The van der Waals surface area contributed by atoms with Gasteiger partial charge in [-0.05, 0) is 45.4 Å². The summed E-state index contributed by atoms with van der Waals surface area (Å²) in [5.74, 6) is 0.119. The minimum atomic E-state index is -0.131. The average molecular weight is 226 g/mol. The highest BCUT2D eigenvalue weighted by Gasteiger charge is 2.27. The lowest BCUT2D eigenvalue weighted by Gasteiger charge is -2.28. The number of nitrogens with one attached hydrogen (secondary N) is 2. The molecule has 3 N–H and O–H groups in total. The molecule has 1 amide bonds. The normalized spacial score (nSPS) is 32.1. The largest absolute Gasteiger partial charge is 0.393 e. The van der Waals surface area contributed by atoms with Crippen LogP contribution in [-0.4, -0.2) is 35.2 Å². The van der Waals surface area contributed by atoms with Gasteiger partial charge in [-0.3, -0.25) is 4.79 Å². The van der Waals surface area contributed by atoms with Crippen LogP contribution in [0.1, 0.15) is 45.4 Å². The summed E-state index contributed by atoms with van der Waals surface area (Å²) in [6.07, 6.45) is 5.80. The lowest BCUT2D eigenvalue weighted by molar-refractivity contribution is -0.123. The maximum Gasteiger partial charge on any atom is 0.237 e. The summed E-state index contributed by atoms with van der Waals surface area (Å²) in [5, 5.41) is 15.7. The van der Waals surface area contributed by atoms with E-state index in [1.165, 1.54) is 0 Å². The number of carbonyl (C=O) groups is 1. The predicted molar refractivity (Wildman–Crippen MR) is 62.0 cm³/mol. The molecule has 0 radical (unpaired) electrons. The summed E-state index contributed by atoms with van der Waals surface area (Å²) in [4.78, 5) is 11.7. The van der Waals surface area contributed by atoms with Crippen LogP contribution in [0.4, 0.5) is 0 Å². The number of hydrogen-bond donors (Lipinski definition) is 3. The zero-order valence-electron chi connectivity index (χ0n) is 9.91. The highest BCUT2D eigenvalue weighted by Crippen LogP contribution is 2.20. The predicted octanol–water partition coefficient (Wildman–Crippen LogP) is 0.547. The minimum Gasteiger partial charge on any atom is -0.393 e. The van der Waals surface area contributed by atoms with E-state index in [2.05, 4.69) is 10.6 Å². The standard InChI is InChI=1S/C12H22N2O2/c1-8(12(16)14-10-2-3-10)13-9-4-6-11(15)7-5-9/h8-11,13,15H,2-7H2,1H3,(H,14,16). The van der Waals surface area contributed by atoms with Gasteiger partial charge in [0.25, 0.3) is 0 Å². The highest BCUT2D eigenvalue weighted by molar-refractivity contribution is 5.81. The molecule has 0 aromatic rings. The van der Waals surface area contributed by atoms with Crippen molar-refractivity contribution in [3.63, 3.8) is 0 Å². The fourth-order valence-electron chi connectivity index (χ4n) is 2.23. The Kier molecular flexibility index (Phi) is 3.82. The summed E-state index contributed by atoms with van der Waals surface area (Å²) in [7, 11) is 0. The van der Waals surface area contributed by atoms with Gasteiger partial charge >= 0.3 is 0 Å². The van der Waals surface area contributed by atoms with E-state index in [0.717, 1.165) is 38.5 Å². The van der Waals surface area contributed by atoms with Gasteiger partial charge in [0.05, 0.1) is 12.1 Å². The van der Waals surface area contributed by atoms with Gasteiger partial charge in [-0.15, -0.1) is 0 Å². The Morgan fingerprint density at radius 1 is 1.12 bits per heavy atom. The molecule has 0 aromatic heterocycles. The van der Waals surface area contributed by atoms with Gasteiger partial charge in [-0.25, -0.2) is 0 Å². The first kappa shape index (κ1) is 11.9. The van der Waals surface area contributed by atoms with E-state index in [-0.39, 0.29) is 18.1 Å². The van der Waals surface area contributed by atoms with Crippen LogP contribution in [0.3, 0.4) is 0 Å². The molecule has 0 bridgehead atoms. The van der Waals surface area contributed by atoms with Gasteiger partial charge in [-0.2, -0.15) is 0 Å². The van der Waals surface area contributed by atoms with Crippen molar-refractivity contribution in [1.82, 2.24) is 10.6 Å². The first-order valence-corrected chi connectivity index (χ1v) is 6.39. The molecule has 0 spiro atoms. The smallest absolute Gasteiger partial charge is 0.237 e. The van der Waals surface area contributed by atoms with Gasteiger partial charge in [0.2, 0.25) is 5.91 Å². The van der Waals surface area contributed by atoms with Crippen LogP contribution >= 0.6 is 0 Å². The van der Waals surface area contributed by atoms with E-state index in [0.29, 0.717) is 12.1 Å². The van der Waals surface area contributed by atoms with Crippen molar-refractivity contribution >= 4 is 5.91 Å². The van der Waals surface area contributed by atoms with E-state index in [9.17, 15) is 9.90 Å². The van der Waals surface area contributed by atoms with E-state index < -0.39 is 0 Å². The third-order valence-electron chi connectivity index (χ3n) is 3.50. The maximum atomic E-state index is 11.7. The van der Waals surface area contributed by atoms with Crippen molar-refractivity contribution in [1.29, 1.82) is 0 Å². The number of aliphatic hydroxyl groups is 1. The summed E-state index contributed by atoms with van der Waals surface area (Å²) in [5.41, 5.74) is 0. The average Bonchev–Trinajstić information content (AvgIpc) is 3.05. The summed E-state index contributed by atoms with van der Waals surface area (Å²) in [6.45, 7) is 1.92. The molecule has 16 heavy (non-hydrogen) atoms. The monoisotopic (exact) mass is 226 g/mol. The number of hydrogen-bond acceptors (Lipinski definition) is 3. The molecule has 4 heteroatoms. The van der Waals surface area contributed by atoms with Gasteiger partial charge < -0.3 is 15.7 Å². The molecule has 0 saturated heterocycles. The zero-order valence-corrected chi connectivity index (χ0v) is 9.91. The Hall–Kier alpha value is -0.610. The molecule has 2 saturated carbocycles. The second-order valence-electron chi connectivity index (χ2n) is 5.18. The SMILES string of the molecule is CC(NC1CCC(O)CC1)C(=O)NC1CC1. The summed E-state index contributed by atoms with van der Waals surface area (Å²) >= 11 is 0. The van der Waals surface area contributed by atoms with Crippen molar-refractivity contribution in [2.75, 3.05) is 0 Å². The van der Waals surface area contributed by atoms with Crippen LogP contribution in [0.2, 0.25) is 0 Å². The Labute approximate surface area is 96.8 Å². The molecule has 0 heterocycles. The second-order valence-corrected chi connectivity index (χ2v) is 5.18. The molecule has 4 nitrogen and oxygen atoms in total. The van der Waals surface area contributed by atoms with Crippen molar-refractivity contribution in [2.24, 2.45) is 0 Å². The Balaban J connectivity index is 1.69. The molecule has 2 fully saturated rings. The van der Waals surface area contributed by atoms with Gasteiger partial charge in [0, 0.05) is 12.1 Å². The summed E-state index contributed by atoms with van der Waals surface area (Å²) in [6, 6.07) is 0.717. The molecule has 2 aliphatic rings. The van der Waals surface area contributed by atoms with Crippen molar-refractivity contribution in [3.05, 3.63) is 0 Å². The highest BCUT2D eigenvalue weighted by atomic mass is 16.3. The Morgan fingerprint density at radius 3 is 2.25 bits per heavy atom. The molecular formula is C12H22N2O2. The van der Waals surface area contributed by atoms with E-state index in [1.54, 1.807) is 0 Å². The van der Waals surface area contributed by atoms with Crippen LogP contribution in [0, 0.1) is 0 Å². The molecule has 1 unspecified atom stereocenters. The fraction of sp³-hybridized carbons (Fsp3) is 0.917. The second kappa shape index (κ2) is 5.15. The van der Waals surface area contributed by atoms with Crippen molar-refractivity contribution < 1.29 is 9.90 Å². The summed E-state index contributed by atoms with van der Waals surface area (Å²) < 4.78 is 0. The quantitative estimate of drug-likeness (QED) is 0.656. The first-order chi connectivity index (χ1) is 7.65. The van der Waals surface area contributed by atoms with Gasteiger partial charge in [0.15, 0.2) is 0 Å². The number of rotatable bonds is 4. The third-order valence-corrected chi connectivity index (χ3v) is 3.50. The third kappa shape index (κ3) is 3.46. The zero-order chi connectivity index (χ0) is 11.5. The van der Waals surface area contributed by atoms with Crippen molar-refractivity contribution in [2.45, 2.75) is 69.7 Å². The topological polar surface area (TPSA) is 61.4 Å². The lowest BCUT2D eigenvalue weighted by Crippen LogP contribution is -2.48. The van der Waals surface area contributed by atoms with E-state index >= 15 is 0 Å². The van der Waals surface area contributed by atoms with Crippen LogP contribution in [0.25, 0.3) is 0 Å². The Bertz CT molecular complexity index is 245. The van der Waals surface area contributed by atoms with Crippen LogP contribution in [0.5, 0.6) is 0 Å². The molecule has 1 atom stereocenters. The van der Waals surface area contributed by atoms with E-state index in [1.807, 2.05) is 6.92 Å². The molecule has 2 rings (SSSR count). The van der Waals surface area contributed by atoms with Crippen LogP contribution < -0.4 is 10.6 Å². The van der Waals surface area contributed by atoms with Crippen LogP contribution in [0.15, 0.2) is 0 Å². The molecule has 92 valence electrons. The lowest BCUT2D eigenvalue weighted by atomic mass is 9.92. The van der Waals surface area contributed by atoms with Crippen LogP contribution in [-0.2, 0) is 4.79 Å².